The second-order valence-electron chi connectivity index (χ2n) is 17.0. The summed E-state index contributed by atoms with van der Waals surface area (Å²) in [5.74, 6) is -1.76. The molecule has 2 aromatic rings. The molecule has 26 nitrogen and oxygen atoms in total. The molecule has 1 saturated heterocycles. The molecule has 1 aliphatic rings. The van der Waals surface area contributed by atoms with E-state index in [1.165, 1.54) is 13.8 Å². The number of rotatable bonds is 35. The zero-order chi connectivity index (χ0) is 54.0. The van der Waals surface area contributed by atoms with Gasteiger partial charge in [0.05, 0.1) is 51.8 Å². The molecule has 26 heteroatoms. The van der Waals surface area contributed by atoms with Crippen molar-refractivity contribution >= 4 is 29.5 Å². The van der Waals surface area contributed by atoms with Gasteiger partial charge in [0.1, 0.15) is 54.5 Å². The fourth-order valence-electron chi connectivity index (χ4n) is 6.97. The van der Waals surface area contributed by atoms with E-state index in [-0.39, 0.29) is 63.9 Å². The number of hydrogen-bond acceptors (Lipinski definition) is 21. The number of ether oxygens (including phenoxy) is 7. The Morgan fingerprint density at radius 2 is 1.40 bits per heavy atom. The molecule has 5 amide bonds. The van der Waals surface area contributed by atoms with E-state index in [1.54, 1.807) is 42.5 Å². The minimum atomic E-state index is -1.90. The quantitative estimate of drug-likeness (QED) is 0.0229. The van der Waals surface area contributed by atoms with E-state index in [9.17, 15) is 69.9 Å². The average Bonchev–Trinajstić information content (AvgIpc) is 3.36. The average molecular weight is 1040 g/mol. The van der Waals surface area contributed by atoms with Crippen LogP contribution in [-0.4, -0.2) is 221 Å². The number of benzene rings is 2. The van der Waals surface area contributed by atoms with Gasteiger partial charge in [-0.2, -0.15) is 0 Å². The number of hydrogen-bond donors (Lipinski definition) is 14. The number of amides is 5. The van der Waals surface area contributed by atoms with Crippen LogP contribution in [0.5, 0.6) is 5.75 Å². The highest BCUT2D eigenvalue weighted by Gasteiger charge is 2.49. The van der Waals surface area contributed by atoms with Crippen molar-refractivity contribution in [1.82, 2.24) is 21.3 Å². The van der Waals surface area contributed by atoms with Gasteiger partial charge in [0, 0.05) is 45.0 Å². The first-order chi connectivity index (χ1) is 34.8. The maximum Gasteiger partial charge on any atom is 0.257 e. The summed E-state index contributed by atoms with van der Waals surface area (Å²) in [5.41, 5.74) is 6.99. The summed E-state index contributed by atoms with van der Waals surface area (Å²) < 4.78 is 39.8. The topological polar surface area (TPSA) is 406 Å². The van der Waals surface area contributed by atoms with Gasteiger partial charge in [-0.3, -0.25) is 24.0 Å². The molecule has 2 aromatic carbocycles. The summed E-state index contributed by atoms with van der Waals surface area (Å²) in [4.78, 5) is 60.4. The largest absolute Gasteiger partial charge is 0.484 e. The Labute approximate surface area is 422 Å². The second kappa shape index (κ2) is 33.0. The molecule has 1 aliphatic heterocycles. The zero-order valence-electron chi connectivity index (χ0n) is 41.0. The first-order valence-corrected chi connectivity index (χ1v) is 23.7. The summed E-state index contributed by atoms with van der Waals surface area (Å²) in [7, 11) is 0. The van der Waals surface area contributed by atoms with Crippen LogP contribution in [0.25, 0.3) is 11.1 Å². The van der Waals surface area contributed by atoms with Crippen LogP contribution in [0.15, 0.2) is 48.5 Å². The summed E-state index contributed by atoms with van der Waals surface area (Å²) >= 11 is 0. The molecule has 0 saturated carbocycles. The molecule has 0 bridgehead atoms. The second-order valence-corrected chi connectivity index (χ2v) is 17.0. The monoisotopic (exact) mass is 1040 g/mol. The van der Waals surface area contributed by atoms with Gasteiger partial charge in [0.2, 0.25) is 17.7 Å². The Balaban J connectivity index is 1.53. The highest BCUT2D eigenvalue weighted by atomic mass is 16.7. The van der Waals surface area contributed by atoms with Gasteiger partial charge in [0.25, 0.3) is 11.8 Å². The predicted octanol–water partition coefficient (Wildman–Crippen LogP) is -4.38. The fourth-order valence-corrected chi connectivity index (χ4v) is 6.97. The summed E-state index contributed by atoms with van der Waals surface area (Å²) in [5, 5.41) is 103. The molecule has 15 N–H and O–H groups in total. The number of carbonyl (C=O) groups excluding carboxylic acids is 5. The molecule has 1 heterocycles. The maximum absolute atomic E-state index is 12.8. The van der Waals surface area contributed by atoms with Gasteiger partial charge in [0.15, 0.2) is 25.5 Å². The van der Waals surface area contributed by atoms with E-state index >= 15 is 0 Å². The van der Waals surface area contributed by atoms with Crippen LogP contribution >= 0.6 is 0 Å². The Hall–Kier alpha value is -5.01. The minimum absolute atomic E-state index is 0.0922. The van der Waals surface area contributed by atoms with E-state index < -0.39 is 131 Å². The third-order valence-corrected chi connectivity index (χ3v) is 11.0. The lowest BCUT2D eigenvalue weighted by Crippen LogP contribution is -2.66. The lowest BCUT2D eigenvalue weighted by atomic mass is 9.96. The SMILES string of the molecule is CC(=O)NC1C(OCCCNC(=O)COc2ccc(-c3cccc(C(=O)NCCNC(=O)CCCC(N)=O)c3)cc2)OC(CO)C(OC(OC(CO)[C@@H](C)O)[C@@H](O)COC(OC(CO)[C@@H](C)O)[C@@H](O)CO)C1O. The third-order valence-electron chi connectivity index (χ3n) is 11.0. The highest BCUT2D eigenvalue weighted by Crippen LogP contribution is 2.28. The molecule has 9 unspecified atom stereocenters. The first-order valence-electron chi connectivity index (χ1n) is 23.7. The number of carbonyl (C=O) groups is 5. The van der Waals surface area contributed by atoms with Gasteiger partial charge in [-0.15, -0.1) is 0 Å². The Bertz CT molecular complexity index is 1970. The molecule has 13 atom stereocenters. The van der Waals surface area contributed by atoms with Gasteiger partial charge >= 0.3 is 0 Å². The highest BCUT2D eigenvalue weighted by molar-refractivity contribution is 5.95. The molecule has 1 fully saturated rings. The molecule has 0 radical (unpaired) electrons. The van der Waals surface area contributed by atoms with Crippen molar-refractivity contribution in [3.8, 4) is 16.9 Å². The summed E-state index contributed by atoms with van der Waals surface area (Å²) in [6.07, 6.45) is -17.8. The number of nitrogens with one attached hydrogen (secondary N) is 4. The van der Waals surface area contributed by atoms with Crippen molar-refractivity contribution in [1.29, 1.82) is 0 Å². The number of primary amides is 1. The van der Waals surface area contributed by atoms with Gasteiger partial charge in [-0.1, -0.05) is 24.3 Å². The molecule has 73 heavy (non-hydrogen) atoms. The van der Waals surface area contributed by atoms with Gasteiger partial charge in [-0.25, -0.2) is 0 Å². The molecule has 412 valence electrons. The van der Waals surface area contributed by atoms with E-state index in [0.29, 0.717) is 17.7 Å². The Kier molecular flexibility index (Phi) is 28.2. The lowest BCUT2D eigenvalue weighted by molar-refractivity contribution is -0.329. The number of nitrogens with two attached hydrogens (primary N) is 1. The molecule has 0 spiro atoms. The van der Waals surface area contributed by atoms with E-state index in [2.05, 4.69) is 21.3 Å². The van der Waals surface area contributed by atoms with Crippen LogP contribution in [-0.2, 0) is 47.6 Å². The predicted molar refractivity (Wildman–Crippen MR) is 253 cm³/mol. The van der Waals surface area contributed by atoms with Gasteiger partial charge < -0.3 is 106 Å². The summed E-state index contributed by atoms with van der Waals surface area (Å²) in [6.45, 7) is -0.242. The smallest absolute Gasteiger partial charge is 0.257 e. The minimum Gasteiger partial charge on any atom is -0.484 e. The third kappa shape index (κ3) is 21.8. The van der Waals surface area contributed by atoms with Crippen LogP contribution in [0.1, 0.15) is 56.8 Å². The lowest BCUT2D eigenvalue weighted by Gasteiger charge is -2.45. The van der Waals surface area contributed by atoms with Crippen molar-refractivity contribution in [3.63, 3.8) is 0 Å². The first kappa shape index (κ1) is 62.3. The Morgan fingerprint density at radius 3 is 2.00 bits per heavy atom. The van der Waals surface area contributed by atoms with Crippen molar-refractivity contribution in [2.45, 2.75) is 126 Å². The molecule has 0 aromatic heterocycles. The van der Waals surface area contributed by atoms with Gasteiger partial charge in [-0.05, 0) is 62.1 Å². The zero-order valence-corrected chi connectivity index (χ0v) is 41.0. The molecule has 3 rings (SSSR count). The number of aliphatic hydroxyl groups is 9. The van der Waals surface area contributed by atoms with Crippen molar-refractivity contribution < 1.29 is 103 Å². The molecule has 0 aliphatic carbocycles. The van der Waals surface area contributed by atoms with E-state index in [1.807, 2.05) is 6.07 Å². The molecular weight excluding hydrogens is 971 g/mol. The van der Waals surface area contributed by atoms with Crippen LogP contribution in [0.2, 0.25) is 0 Å². The van der Waals surface area contributed by atoms with Crippen molar-refractivity contribution in [3.05, 3.63) is 54.1 Å². The Morgan fingerprint density at radius 1 is 0.753 bits per heavy atom. The number of aliphatic hydroxyl groups excluding tert-OH is 9. The van der Waals surface area contributed by atoms with Crippen LogP contribution in [0, 0.1) is 0 Å². The van der Waals surface area contributed by atoms with Crippen molar-refractivity contribution in [2.24, 2.45) is 5.73 Å². The fraction of sp³-hybridized carbons (Fsp3) is 0.638. The normalized spacial score (nSPS) is 21.1. The van der Waals surface area contributed by atoms with Crippen LogP contribution < -0.4 is 31.7 Å². The standard InChI is InChI=1S/C47H73N5O21/c1-26(57)35(21-54)70-45(33(60)20-53)69-24-34(61)46(71-36(22-55)27(2)58)73-43-37(23-56)72-47(41(42(43)65)52-28(3)59)67-18-6-15-49-40(64)25-68-32-13-11-29(12-14-32)30-7-4-8-31(19-30)44(66)51-17-16-50-39(63)10-5-9-38(48)62/h4,7-8,11-14,19,26-27,33-37,41-43,45-47,53-58,60-61,65H,5-6,9-10,15-18,20-25H2,1-3H3,(H2,48,62)(H,49,64)(H,50,63)(H,51,66)(H,52,59)/t26-,27-,33+,34+,35?,36?,37?,41?,42?,43?,45?,46?,47?/m1/s1. The van der Waals surface area contributed by atoms with E-state index in [4.69, 9.17) is 38.9 Å². The van der Waals surface area contributed by atoms with Crippen LogP contribution in [0.4, 0.5) is 0 Å². The molecular formula is C47H73N5O21. The maximum atomic E-state index is 12.8. The van der Waals surface area contributed by atoms with Crippen LogP contribution in [0.3, 0.4) is 0 Å². The summed E-state index contributed by atoms with van der Waals surface area (Å²) in [6, 6.07) is 12.4. The van der Waals surface area contributed by atoms with Crippen molar-refractivity contribution in [2.75, 3.05) is 65.9 Å². The van der Waals surface area contributed by atoms with E-state index in [0.717, 1.165) is 18.1 Å².